The molecule has 1 N–H and O–H groups in total. The van der Waals surface area contributed by atoms with Crippen LogP contribution in [0.3, 0.4) is 0 Å². The van der Waals surface area contributed by atoms with E-state index in [2.05, 4.69) is 9.60 Å². The molecule has 3 heterocycles. The molecule has 2 atom stereocenters. The normalized spacial score (nSPS) is 27.5. The first-order valence-electron chi connectivity index (χ1n) is 8.37. The van der Waals surface area contributed by atoms with Crippen LogP contribution in [0.25, 0.3) is 0 Å². The van der Waals surface area contributed by atoms with Crippen LogP contribution in [0, 0.1) is 0 Å². The molecule has 2 bridgehead atoms. The largest absolute Gasteiger partial charge is 0.724 e. The summed E-state index contributed by atoms with van der Waals surface area (Å²) in [4.78, 5) is 38.5. The Balaban J connectivity index is 1.56. The van der Waals surface area contributed by atoms with Gasteiger partial charge in [-0.25, -0.2) is 13.2 Å². The second kappa shape index (κ2) is 7.51. The first-order chi connectivity index (χ1) is 12.3. The molecule has 26 heavy (non-hydrogen) atoms. The maximum Gasteiger partial charge on any atom is 0.346 e. The molecule has 13 heteroatoms. The maximum atomic E-state index is 12.6. The molecule has 11 nitrogen and oxygen atoms in total. The predicted octanol–water partition coefficient (Wildman–Crippen LogP) is -1.96. The van der Waals surface area contributed by atoms with Crippen LogP contribution in [0.15, 0.2) is 0 Å². The molecule has 3 fully saturated rings. The fourth-order valence-corrected chi connectivity index (χ4v) is 4.06. The molecule has 0 saturated carbocycles. The third-order valence-electron chi connectivity index (χ3n) is 4.94. The average Bonchev–Trinajstić information content (AvgIpc) is 2.80. The van der Waals surface area contributed by atoms with Crippen LogP contribution in [-0.4, -0.2) is 91.0 Å². The van der Waals surface area contributed by atoms with Gasteiger partial charge >= 0.3 is 6.03 Å². The van der Waals surface area contributed by atoms with Gasteiger partial charge in [0.15, 0.2) is 0 Å². The van der Waals surface area contributed by atoms with Crippen LogP contribution < -0.4 is 5.32 Å². The Morgan fingerprint density at radius 1 is 1.27 bits per heavy atom. The van der Waals surface area contributed by atoms with Gasteiger partial charge in [0.1, 0.15) is 6.04 Å². The minimum Gasteiger partial charge on any atom is -0.724 e. The van der Waals surface area contributed by atoms with Crippen molar-refractivity contribution in [1.29, 1.82) is 0 Å². The molecular weight excluding hydrogens is 367 g/mol. The Labute approximate surface area is 151 Å². The van der Waals surface area contributed by atoms with Crippen molar-refractivity contribution < 1.29 is 31.6 Å². The summed E-state index contributed by atoms with van der Waals surface area (Å²) in [6, 6.07) is -2.12. The Hall–Kier alpha value is -1.70. The van der Waals surface area contributed by atoms with E-state index in [1.165, 1.54) is 12.3 Å². The average molecular weight is 386 g/mol. The second-order valence-electron chi connectivity index (χ2n) is 6.59. The minimum atomic E-state index is -5.05. The van der Waals surface area contributed by atoms with Crippen molar-refractivity contribution in [2.24, 2.45) is 0 Å². The number of amides is 3. The number of carbonyl (C=O) groups is 3. The summed E-state index contributed by atoms with van der Waals surface area (Å²) in [7, 11) is -3.58. The number of nitrogens with one attached hydrogen (secondary N) is 1. The summed E-state index contributed by atoms with van der Waals surface area (Å²) in [5.74, 6) is -0.304. The Morgan fingerprint density at radius 3 is 2.58 bits per heavy atom. The fourth-order valence-electron chi connectivity index (χ4n) is 3.68. The zero-order chi connectivity index (χ0) is 18.9. The molecule has 0 aromatic carbocycles. The summed E-state index contributed by atoms with van der Waals surface area (Å²) in [5.41, 5.74) is 0. The number of urea groups is 1. The van der Waals surface area contributed by atoms with E-state index in [-0.39, 0.29) is 18.5 Å². The summed E-state index contributed by atoms with van der Waals surface area (Å²) in [5, 5.41) is 3.48. The molecule has 0 unspecified atom stereocenters. The zero-order valence-corrected chi connectivity index (χ0v) is 14.8. The lowest BCUT2D eigenvalue weighted by Crippen LogP contribution is -2.54. The van der Waals surface area contributed by atoms with Gasteiger partial charge in [-0.2, -0.15) is 9.35 Å². The van der Waals surface area contributed by atoms with Crippen LogP contribution in [0.4, 0.5) is 4.79 Å². The SMILES string of the molecule is O=C[B]N1CCC(NC(=O)[C@@H]2CC[C@@H]3CN2C(=O)N3OS(=O)(=O)[O-])CC1. The quantitative estimate of drug-likeness (QED) is 0.240. The Kier molecular flexibility index (Phi) is 5.51. The number of nitrogens with zero attached hydrogens (tertiary/aromatic N) is 3. The highest BCUT2D eigenvalue weighted by Crippen LogP contribution is 2.30. The lowest BCUT2D eigenvalue weighted by Gasteiger charge is -2.34. The molecule has 3 amide bonds. The van der Waals surface area contributed by atoms with E-state index >= 15 is 0 Å². The van der Waals surface area contributed by atoms with Crippen molar-refractivity contribution in [1.82, 2.24) is 20.1 Å². The number of hydroxylamine groups is 2. The summed E-state index contributed by atoms with van der Waals surface area (Å²) >= 11 is 0. The van der Waals surface area contributed by atoms with E-state index < -0.39 is 28.5 Å². The molecule has 3 aliphatic heterocycles. The van der Waals surface area contributed by atoms with E-state index in [9.17, 15) is 27.4 Å². The summed E-state index contributed by atoms with van der Waals surface area (Å²) in [6.45, 7) is 1.45. The molecule has 143 valence electrons. The maximum absolute atomic E-state index is 12.6. The van der Waals surface area contributed by atoms with Crippen molar-refractivity contribution in [2.45, 2.75) is 43.8 Å². The number of carbonyl (C=O) groups excluding carboxylic acids is 3. The molecule has 3 saturated heterocycles. The summed E-state index contributed by atoms with van der Waals surface area (Å²) < 4.78 is 36.6. The van der Waals surface area contributed by atoms with Gasteiger partial charge < -0.3 is 24.4 Å². The van der Waals surface area contributed by atoms with E-state index in [1.807, 2.05) is 4.81 Å². The third-order valence-corrected chi connectivity index (χ3v) is 5.29. The standard InChI is InChI=1S/C13H20BN4O7S/c19-8-14-16-5-3-9(4-6-16)15-12(20)11-2-1-10-7-17(11)13(21)18(10)25-26(22,23)24/h8-11H,1-7H2,(H,15,20)(H,22,23,24)/p-1/t10-,11+/m1/s1. The molecule has 0 aromatic rings. The Morgan fingerprint density at radius 2 is 1.96 bits per heavy atom. The molecular formula is C13H19BN4O7S-. The first-order valence-corrected chi connectivity index (χ1v) is 9.70. The van der Waals surface area contributed by atoms with Gasteiger partial charge in [-0.3, -0.25) is 4.79 Å². The number of piperidine rings is 2. The number of fused-ring (bicyclic) bond motifs is 2. The first kappa shape index (κ1) is 19.1. The topological polar surface area (TPSA) is 139 Å². The number of hydrogen-bond acceptors (Lipinski definition) is 8. The van der Waals surface area contributed by atoms with E-state index in [1.54, 1.807) is 0 Å². The van der Waals surface area contributed by atoms with Gasteiger partial charge in [-0.1, -0.05) is 0 Å². The van der Waals surface area contributed by atoms with Gasteiger partial charge in [0.2, 0.25) is 16.3 Å². The van der Waals surface area contributed by atoms with Crippen LogP contribution in [0.2, 0.25) is 0 Å². The van der Waals surface area contributed by atoms with Gasteiger partial charge in [0, 0.05) is 12.6 Å². The van der Waals surface area contributed by atoms with Crippen LogP contribution in [0.1, 0.15) is 25.7 Å². The smallest absolute Gasteiger partial charge is 0.346 e. The van der Waals surface area contributed by atoms with Gasteiger partial charge in [0.25, 0.3) is 7.41 Å². The van der Waals surface area contributed by atoms with Gasteiger partial charge in [-0.15, -0.1) is 0 Å². The molecule has 1 radical (unpaired) electrons. The van der Waals surface area contributed by atoms with Gasteiger partial charge in [0.05, 0.1) is 12.2 Å². The van der Waals surface area contributed by atoms with Crippen molar-refractivity contribution in [3.63, 3.8) is 0 Å². The number of rotatable bonds is 6. The zero-order valence-electron chi connectivity index (χ0n) is 13.9. The van der Waals surface area contributed by atoms with Crippen LogP contribution >= 0.6 is 0 Å². The molecule has 3 rings (SSSR count). The molecule has 3 aliphatic rings. The fraction of sp³-hybridized carbons (Fsp3) is 0.769. The molecule has 0 aromatic heterocycles. The monoisotopic (exact) mass is 386 g/mol. The predicted molar refractivity (Wildman–Crippen MR) is 86.8 cm³/mol. The highest BCUT2D eigenvalue weighted by atomic mass is 32.3. The summed E-state index contributed by atoms with van der Waals surface area (Å²) in [6.07, 6.45) is 2.82. The van der Waals surface area contributed by atoms with E-state index in [0.717, 1.165) is 6.19 Å². The van der Waals surface area contributed by atoms with Crippen molar-refractivity contribution in [2.75, 3.05) is 19.6 Å². The minimum absolute atomic E-state index is 0.0522. The van der Waals surface area contributed by atoms with E-state index in [0.29, 0.717) is 43.8 Å². The van der Waals surface area contributed by atoms with E-state index in [4.69, 9.17) is 0 Å². The highest BCUT2D eigenvalue weighted by Gasteiger charge is 2.48. The van der Waals surface area contributed by atoms with Gasteiger partial charge in [-0.05, 0) is 38.8 Å². The number of hydrogen-bond donors (Lipinski definition) is 1. The van der Waals surface area contributed by atoms with Crippen molar-refractivity contribution in [3.05, 3.63) is 0 Å². The lowest BCUT2D eigenvalue weighted by atomic mass is 9.89. The van der Waals surface area contributed by atoms with Crippen molar-refractivity contribution in [3.8, 4) is 0 Å². The lowest BCUT2D eigenvalue weighted by molar-refractivity contribution is -0.127. The second-order valence-corrected chi connectivity index (χ2v) is 7.56. The van der Waals surface area contributed by atoms with Crippen LogP contribution in [-0.2, 0) is 24.3 Å². The Bertz CT molecular complexity index is 682. The molecule has 0 aliphatic carbocycles. The van der Waals surface area contributed by atoms with Crippen LogP contribution in [0.5, 0.6) is 0 Å². The third kappa shape index (κ3) is 4.16. The highest BCUT2D eigenvalue weighted by molar-refractivity contribution is 7.80. The van der Waals surface area contributed by atoms with Crippen molar-refractivity contribution >= 4 is 35.9 Å². The molecule has 0 spiro atoms.